The van der Waals surface area contributed by atoms with Crippen molar-refractivity contribution in [3.8, 4) is 0 Å². The Hall–Kier alpha value is -1.11. The number of rotatable bonds is 5. The number of aliphatic hydroxyl groups is 5. The van der Waals surface area contributed by atoms with Gasteiger partial charge in [0.25, 0.3) is 0 Å². The molecule has 2 heterocycles. The number of hydrogen-bond acceptors (Lipinski definition) is 10. The summed E-state index contributed by atoms with van der Waals surface area (Å²) in [4.78, 5) is 12.6. The number of hydrogen-bond donors (Lipinski definition) is 5. The van der Waals surface area contributed by atoms with Gasteiger partial charge >= 0.3 is 5.97 Å². The quantitative estimate of drug-likeness (QED) is 0.166. The van der Waals surface area contributed by atoms with E-state index in [1.807, 2.05) is 0 Å². The van der Waals surface area contributed by atoms with E-state index in [1.54, 1.807) is 0 Å². The van der Waals surface area contributed by atoms with Crippen LogP contribution in [0.4, 0.5) is 0 Å². The van der Waals surface area contributed by atoms with E-state index in [9.17, 15) is 30.3 Å². The normalized spacial score (nSPS) is 55.3. The molecule has 2 aliphatic heterocycles. The van der Waals surface area contributed by atoms with Crippen molar-refractivity contribution in [2.45, 2.75) is 149 Å². The fraction of sp³-hybridized carbons (Fsp3) is 0.921. The minimum absolute atomic E-state index is 0.0252. The summed E-state index contributed by atoms with van der Waals surface area (Å²) in [6.45, 7) is 17.7. The second-order valence-corrected chi connectivity index (χ2v) is 18.5. The highest BCUT2D eigenvalue weighted by atomic mass is 16.7. The zero-order valence-electron chi connectivity index (χ0n) is 30.1. The van der Waals surface area contributed by atoms with Crippen LogP contribution in [0.1, 0.15) is 93.9 Å². The minimum Gasteiger partial charge on any atom is -0.460 e. The van der Waals surface area contributed by atoms with Crippen LogP contribution in [-0.4, -0.2) is 99.8 Å². The molecule has 0 amide bonds. The van der Waals surface area contributed by atoms with Crippen LogP contribution in [0.5, 0.6) is 0 Å². The molecule has 2 bridgehead atoms. The Balaban J connectivity index is 1.25. The average molecular weight is 677 g/mol. The summed E-state index contributed by atoms with van der Waals surface area (Å²) >= 11 is 0. The smallest absolute Gasteiger partial charge is 0.302 e. The lowest BCUT2D eigenvalue weighted by atomic mass is 9.35. The Morgan fingerprint density at radius 2 is 1.71 bits per heavy atom. The Bertz CT molecular complexity index is 1310. The van der Waals surface area contributed by atoms with Crippen LogP contribution < -0.4 is 0 Å². The largest absolute Gasteiger partial charge is 0.460 e. The third-order valence-electron chi connectivity index (χ3n) is 15.8. The molecule has 0 spiro atoms. The van der Waals surface area contributed by atoms with E-state index < -0.39 is 72.4 Å². The van der Waals surface area contributed by atoms with Crippen LogP contribution in [0.15, 0.2) is 11.6 Å². The Labute approximate surface area is 285 Å². The van der Waals surface area contributed by atoms with Crippen molar-refractivity contribution in [2.75, 3.05) is 13.2 Å². The maximum Gasteiger partial charge on any atom is 0.302 e. The molecule has 0 aromatic rings. The van der Waals surface area contributed by atoms with Crippen LogP contribution >= 0.6 is 0 Å². The molecule has 2 saturated heterocycles. The number of allylic oxidation sites excluding steroid dienone is 1. The summed E-state index contributed by atoms with van der Waals surface area (Å²) in [7, 11) is 0. The van der Waals surface area contributed by atoms with Crippen LogP contribution in [0.3, 0.4) is 0 Å². The topological polar surface area (TPSA) is 155 Å². The van der Waals surface area contributed by atoms with E-state index in [1.165, 1.54) is 12.5 Å². The van der Waals surface area contributed by atoms with Crippen molar-refractivity contribution in [1.29, 1.82) is 0 Å². The zero-order valence-corrected chi connectivity index (χ0v) is 30.1. The SMILES string of the molecule is CC(=O)O[C@@H]1C[C@]2(C)C3=CC[C@]4(C)[C@H]5[C@@H]6C[C@@H](C(C)C)[C@@]5(CC[C@@]4(C)[C@@H]3[C@@H](O)C[C@H]2C(C)(C)[C@H]1O[C@@H]1O[C@H](CO)[C@@H](O)[C@H](O)[C@H]1O)CO6. The van der Waals surface area contributed by atoms with Crippen molar-refractivity contribution in [2.24, 2.45) is 56.7 Å². The van der Waals surface area contributed by atoms with Gasteiger partial charge in [0, 0.05) is 18.3 Å². The van der Waals surface area contributed by atoms with Gasteiger partial charge < -0.3 is 44.5 Å². The first-order valence-corrected chi connectivity index (χ1v) is 18.5. The molecule has 7 rings (SSSR count). The van der Waals surface area contributed by atoms with Crippen molar-refractivity contribution in [3.63, 3.8) is 0 Å². The minimum atomic E-state index is -1.59. The van der Waals surface area contributed by atoms with Gasteiger partial charge in [-0.2, -0.15) is 0 Å². The van der Waals surface area contributed by atoms with Gasteiger partial charge in [-0.3, -0.25) is 4.79 Å². The maximum absolute atomic E-state index is 12.6. The maximum atomic E-state index is 12.6. The molecule has 0 unspecified atom stereocenters. The van der Waals surface area contributed by atoms with Gasteiger partial charge in [0.15, 0.2) is 6.29 Å². The highest BCUT2D eigenvalue weighted by Crippen LogP contribution is 2.78. The molecule has 272 valence electrons. The molecule has 4 saturated carbocycles. The van der Waals surface area contributed by atoms with Gasteiger partial charge in [0.1, 0.15) is 36.6 Å². The molecule has 48 heavy (non-hydrogen) atoms. The fourth-order valence-electron chi connectivity index (χ4n) is 13.6. The second-order valence-electron chi connectivity index (χ2n) is 18.5. The van der Waals surface area contributed by atoms with Gasteiger partial charge in [0.05, 0.1) is 25.4 Å². The summed E-state index contributed by atoms with van der Waals surface area (Å²) in [5.74, 6) is 1.19. The van der Waals surface area contributed by atoms with Crippen LogP contribution in [-0.2, 0) is 23.7 Å². The highest BCUT2D eigenvalue weighted by Gasteiger charge is 2.75. The third-order valence-corrected chi connectivity index (χ3v) is 15.8. The number of carbonyl (C=O) groups excluding carboxylic acids is 1. The van der Waals surface area contributed by atoms with Crippen molar-refractivity contribution in [1.82, 2.24) is 0 Å². The van der Waals surface area contributed by atoms with Gasteiger partial charge in [0.2, 0.25) is 0 Å². The molecule has 6 fully saturated rings. The van der Waals surface area contributed by atoms with E-state index in [2.05, 4.69) is 54.5 Å². The molecule has 7 aliphatic rings. The summed E-state index contributed by atoms with van der Waals surface area (Å²) in [5, 5.41) is 53.9. The monoisotopic (exact) mass is 676 g/mol. The van der Waals surface area contributed by atoms with Crippen molar-refractivity contribution >= 4 is 5.97 Å². The molecular formula is C38H60O10. The summed E-state index contributed by atoms with van der Waals surface area (Å²) in [6, 6.07) is 0. The molecule has 5 N–H and O–H groups in total. The first-order valence-electron chi connectivity index (χ1n) is 18.5. The van der Waals surface area contributed by atoms with Crippen molar-refractivity contribution in [3.05, 3.63) is 11.6 Å². The first-order chi connectivity index (χ1) is 22.4. The van der Waals surface area contributed by atoms with Crippen molar-refractivity contribution < 1.29 is 49.3 Å². The molecule has 17 atom stereocenters. The standard InChI is InChI=1S/C38H60O10/c1-18(2)21-13-23-31-37(8)10-9-20-27(36(37,7)11-12-38(21,31)17-45-23)22(41)14-26-34(4,5)32(24(46-19(3)40)15-35(20,26)6)48-33-30(44)29(43)28(42)25(16-39)47-33/h9,18,21-33,39,41-44H,10-17H2,1-8H3/t21-,22-,23-,24+,25+,26-,27-,28+,29-,30+,31+,32-,33-,35+,36-,37+,38+/m0/s1. The Morgan fingerprint density at radius 1 is 1.00 bits per heavy atom. The predicted molar refractivity (Wildman–Crippen MR) is 175 cm³/mol. The lowest BCUT2D eigenvalue weighted by Crippen LogP contribution is -2.68. The fourth-order valence-corrected chi connectivity index (χ4v) is 13.6. The average Bonchev–Trinajstić information content (AvgIpc) is 3.56. The van der Waals surface area contributed by atoms with Gasteiger partial charge in [-0.25, -0.2) is 0 Å². The third kappa shape index (κ3) is 4.55. The number of fused-ring (bicyclic) bond motifs is 5. The molecule has 10 nitrogen and oxygen atoms in total. The number of ether oxygens (including phenoxy) is 4. The van der Waals surface area contributed by atoms with E-state index in [0.717, 1.165) is 32.3 Å². The Morgan fingerprint density at radius 3 is 2.35 bits per heavy atom. The van der Waals surface area contributed by atoms with Gasteiger partial charge in [-0.1, -0.05) is 60.1 Å². The second kappa shape index (κ2) is 11.4. The Kier molecular flexibility index (Phi) is 8.42. The molecule has 5 aliphatic carbocycles. The zero-order chi connectivity index (χ0) is 34.9. The van der Waals surface area contributed by atoms with E-state index in [4.69, 9.17) is 18.9 Å². The summed E-state index contributed by atoms with van der Waals surface area (Å²) in [6.07, 6.45) is -1.26. The highest BCUT2D eigenvalue weighted by molar-refractivity contribution is 5.66. The van der Waals surface area contributed by atoms with E-state index >= 15 is 0 Å². The molecule has 0 aromatic heterocycles. The predicted octanol–water partition coefficient (Wildman–Crippen LogP) is 3.35. The van der Waals surface area contributed by atoms with Crippen LogP contribution in [0.2, 0.25) is 0 Å². The number of carbonyl (C=O) groups is 1. The number of aliphatic hydroxyl groups excluding tert-OH is 5. The number of esters is 1. The summed E-state index contributed by atoms with van der Waals surface area (Å²) < 4.78 is 24.9. The molecule has 10 heteroatoms. The van der Waals surface area contributed by atoms with E-state index in [-0.39, 0.29) is 34.2 Å². The van der Waals surface area contributed by atoms with Crippen LogP contribution in [0, 0.1) is 56.7 Å². The molecule has 0 radical (unpaired) electrons. The van der Waals surface area contributed by atoms with E-state index in [0.29, 0.717) is 30.6 Å². The lowest BCUT2D eigenvalue weighted by Gasteiger charge is -2.70. The summed E-state index contributed by atoms with van der Waals surface area (Å²) in [5.41, 5.74) is 0.218. The van der Waals surface area contributed by atoms with Gasteiger partial charge in [-0.05, 0) is 83.9 Å². The lowest BCUT2D eigenvalue weighted by molar-refractivity contribution is -0.337. The molecule has 0 aromatic carbocycles. The first kappa shape index (κ1) is 35.3. The van der Waals surface area contributed by atoms with Gasteiger partial charge in [-0.15, -0.1) is 0 Å². The molecular weight excluding hydrogens is 616 g/mol. The van der Waals surface area contributed by atoms with Crippen LogP contribution in [0.25, 0.3) is 0 Å².